The van der Waals surface area contributed by atoms with Crippen LogP contribution in [0.4, 0.5) is 4.79 Å². The third-order valence-electron chi connectivity index (χ3n) is 5.34. The first-order valence-corrected chi connectivity index (χ1v) is 9.35. The van der Waals surface area contributed by atoms with Crippen molar-refractivity contribution in [2.75, 3.05) is 19.9 Å². The molecule has 2 aliphatic rings. The molecule has 0 bridgehead atoms. The van der Waals surface area contributed by atoms with Gasteiger partial charge in [-0.2, -0.15) is 0 Å². The Hall–Kier alpha value is -1.88. The van der Waals surface area contributed by atoms with Gasteiger partial charge in [0, 0.05) is 18.7 Å². The molecular formula is C20H27NO4. The molecular weight excluding hydrogens is 318 g/mol. The topological polar surface area (TPSA) is 55.8 Å². The normalized spacial score (nSPS) is 23.9. The van der Waals surface area contributed by atoms with Crippen LogP contribution in [-0.4, -0.2) is 43.3 Å². The van der Waals surface area contributed by atoms with Crippen molar-refractivity contribution in [2.24, 2.45) is 0 Å². The smallest absolute Gasteiger partial charge is 0.411 e. The highest BCUT2D eigenvalue weighted by Gasteiger charge is 2.25. The summed E-state index contributed by atoms with van der Waals surface area (Å²) < 4.78 is 11.0. The highest BCUT2D eigenvalue weighted by molar-refractivity contribution is 5.77. The molecule has 5 heteroatoms. The van der Waals surface area contributed by atoms with Gasteiger partial charge in [0.1, 0.15) is 6.29 Å². The van der Waals surface area contributed by atoms with E-state index in [0.29, 0.717) is 5.92 Å². The molecule has 0 N–H and O–H groups in total. The number of rotatable bonds is 5. The van der Waals surface area contributed by atoms with Crippen molar-refractivity contribution in [3.63, 3.8) is 0 Å². The minimum Gasteiger partial charge on any atom is -0.422 e. The van der Waals surface area contributed by atoms with Gasteiger partial charge in [-0.1, -0.05) is 24.3 Å². The lowest BCUT2D eigenvalue weighted by atomic mass is 9.81. The Kier molecular flexibility index (Phi) is 6.45. The molecule has 5 nitrogen and oxygen atoms in total. The lowest BCUT2D eigenvalue weighted by molar-refractivity contribution is -0.0773. The van der Waals surface area contributed by atoms with Crippen molar-refractivity contribution in [1.82, 2.24) is 4.90 Å². The van der Waals surface area contributed by atoms with E-state index >= 15 is 0 Å². The van der Waals surface area contributed by atoms with E-state index in [0.717, 1.165) is 69.0 Å². The van der Waals surface area contributed by atoms with Gasteiger partial charge in [0.05, 0.1) is 6.10 Å². The number of likely N-dealkylation sites (tertiary alicyclic amines) is 1. The first kappa shape index (κ1) is 17.9. The molecule has 1 heterocycles. The Labute approximate surface area is 149 Å². The second-order valence-electron chi connectivity index (χ2n) is 6.96. The first-order chi connectivity index (χ1) is 12.3. The van der Waals surface area contributed by atoms with Crippen LogP contribution in [0.2, 0.25) is 0 Å². The standard InChI is InChI=1S/C20H27NO4/c22-14-17-6-2-3-7-19(17)16-8-10-18(11-9-16)24-15-25-20(23)21-12-4-1-5-13-21/h2-3,6-7,14,16,18H,1,4-5,8-13,15H2. The molecule has 136 valence electrons. The number of benzene rings is 1. The van der Waals surface area contributed by atoms with Crippen LogP contribution in [0.5, 0.6) is 0 Å². The predicted octanol–water partition coefficient (Wildman–Crippen LogP) is 4.12. The summed E-state index contributed by atoms with van der Waals surface area (Å²) in [7, 11) is 0. The van der Waals surface area contributed by atoms with Crippen LogP contribution in [-0.2, 0) is 9.47 Å². The molecule has 1 amide bonds. The van der Waals surface area contributed by atoms with Gasteiger partial charge < -0.3 is 14.4 Å². The van der Waals surface area contributed by atoms with E-state index in [4.69, 9.17) is 9.47 Å². The number of aldehydes is 1. The molecule has 2 fully saturated rings. The monoisotopic (exact) mass is 345 g/mol. The number of carbonyl (C=O) groups excluding carboxylic acids is 2. The van der Waals surface area contributed by atoms with Crippen molar-refractivity contribution in [3.8, 4) is 0 Å². The number of ether oxygens (including phenoxy) is 2. The molecule has 1 aliphatic heterocycles. The second-order valence-corrected chi connectivity index (χ2v) is 6.96. The van der Waals surface area contributed by atoms with Gasteiger partial charge in [0.2, 0.25) is 0 Å². The Morgan fingerprint density at radius 1 is 1.08 bits per heavy atom. The molecule has 1 saturated carbocycles. The van der Waals surface area contributed by atoms with Crippen molar-refractivity contribution >= 4 is 12.4 Å². The number of carbonyl (C=O) groups is 2. The van der Waals surface area contributed by atoms with Gasteiger partial charge in [-0.15, -0.1) is 0 Å². The van der Waals surface area contributed by atoms with Gasteiger partial charge in [0.25, 0.3) is 0 Å². The summed E-state index contributed by atoms with van der Waals surface area (Å²) in [5.74, 6) is 0.414. The highest BCUT2D eigenvalue weighted by Crippen LogP contribution is 2.35. The van der Waals surface area contributed by atoms with Gasteiger partial charge in [0.15, 0.2) is 6.79 Å². The predicted molar refractivity (Wildman–Crippen MR) is 94.7 cm³/mol. The summed E-state index contributed by atoms with van der Waals surface area (Å²) in [6.45, 7) is 1.62. The lowest BCUT2D eigenvalue weighted by Gasteiger charge is -2.30. The Morgan fingerprint density at radius 3 is 2.52 bits per heavy atom. The number of amides is 1. The first-order valence-electron chi connectivity index (χ1n) is 9.35. The Balaban J connectivity index is 1.39. The largest absolute Gasteiger partial charge is 0.422 e. The molecule has 1 aliphatic carbocycles. The molecule has 0 radical (unpaired) electrons. The molecule has 0 aromatic heterocycles. The maximum atomic E-state index is 11.9. The Morgan fingerprint density at radius 2 is 1.80 bits per heavy atom. The van der Waals surface area contributed by atoms with E-state index < -0.39 is 0 Å². The zero-order valence-electron chi connectivity index (χ0n) is 14.7. The molecule has 0 spiro atoms. The van der Waals surface area contributed by atoms with Gasteiger partial charge in [-0.05, 0) is 56.4 Å². The van der Waals surface area contributed by atoms with Gasteiger partial charge in [-0.25, -0.2) is 4.79 Å². The average molecular weight is 345 g/mol. The number of piperidine rings is 1. The van der Waals surface area contributed by atoms with Crippen molar-refractivity contribution in [2.45, 2.75) is 57.0 Å². The van der Waals surface area contributed by atoms with E-state index in [1.54, 1.807) is 4.90 Å². The number of hydrogen-bond acceptors (Lipinski definition) is 4. The van der Waals surface area contributed by atoms with Crippen LogP contribution < -0.4 is 0 Å². The van der Waals surface area contributed by atoms with E-state index in [9.17, 15) is 9.59 Å². The van der Waals surface area contributed by atoms with Crippen molar-refractivity contribution in [3.05, 3.63) is 35.4 Å². The van der Waals surface area contributed by atoms with Crippen LogP contribution in [0.15, 0.2) is 24.3 Å². The zero-order valence-corrected chi connectivity index (χ0v) is 14.7. The van der Waals surface area contributed by atoms with E-state index in [1.165, 1.54) is 6.42 Å². The number of hydrogen-bond donors (Lipinski definition) is 0. The molecule has 0 unspecified atom stereocenters. The third-order valence-corrected chi connectivity index (χ3v) is 5.34. The summed E-state index contributed by atoms with van der Waals surface area (Å²) >= 11 is 0. The molecule has 1 aromatic rings. The zero-order chi connectivity index (χ0) is 17.5. The Bertz CT molecular complexity index is 575. The average Bonchev–Trinajstić information content (AvgIpc) is 2.69. The minimum absolute atomic E-state index is 0.0373. The summed E-state index contributed by atoms with van der Waals surface area (Å²) in [6, 6.07) is 7.82. The van der Waals surface area contributed by atoms with Gasteiger partial charge >= 0.3 is 6.09 Å². The fraction of sp³-hybridized carbons (Fsp3) is 0.600. The molecule has 0 atom stereocenters. The van der Waals surface area contributed by atoms with Crippen molar-refractivity contribution in [1.29, 1.82) is 0 Å². The molecule has 3 rings (SSSR count). The fourth-order valence-corrected chi connectivity index (χ4v) is 3.88. The van der Waals surface area contributed by atoms with E-state index in [1.807, 2.05) is 18.2 Å². The van der Waals surface area contributed by atoms with E-state index in [-0.39, 0.29) is 19.0 Å². The second kappa shape index (κ2) is 8.99. The summed E-state index contributed by atoms with van der Waals surface area (Å²) in [5, 5.41) is 0. The van der Waals surface area contributed by atoms with Gasteiger partial charge in [-0.3, -0.25) is 4.79 Å². The summed E-state index contributed by atoms with van der Waals surface area (Å²) in [6.07, 6.45) is 7.98. The van der Waals surface area contributed by atoms with Crippen LogP contribution >= 0.6 is 0 Å². The SMILES string of the molecule is O=Cc1ccccc1C1CCC(OCOC(=O)N2CCCCC2)CC1. The highest BCUT2D eigenvalue weighted by atomic mass is 16.7. The van der Waals surface area contributed by atoms with E-state index in [2.05, 4.69) is 6.07 Å². The molecule has 1 saturated heterocycles. The summed E-state index contributed by atoms with van der Waals surface area (Å²) in [5.41, 5.74) is 1.94. The maximum absolute atomic E-state index is 11.9. The minimum atomic E-state index is -0.256. The quantitative estimate of drug-likeness (QED) is 0.595. The molecule has 25 heavy (non-hydrogen) atoms. The van der Waals surface area contributed by atoms with Crippen LogP contribution in [0, 0.1) is 0 Å². The van der Waals surface area contributed by atoms with Crippen molar-refractivity contribution < 1.29 is 19.1 Å². The fourth-order valence-electron chi connectivity index (χ4n) is 3.88. The maximum Gasteiger partial charge on any atom is 0.411 e. The molecule has 1 aromatic carbocycles. The van der Waals surface area contributed by atoms with Crippen LogP contribution in [0.3, 0.4) is 0 Å². The third kappa shape index (κ3) is 4.82. The lowest BCUT2D eigenvalue weighted by Crippen LogP contribution is -2.36. The number of nitrogens with zero attached hydrogens (tertiary/aromatic N) is 1. The summed E-state index contributed by atoms with van der Waals surface area (Å²) in [4.78, 5) is 24.9. The van der Waals surface area contributed by atoms with Crippen LogP contribution in [0.25, 0.3) is 0 Å². The van der Waals surface area contributed by atoms with Crippen LogP contribution in [0.1, 0.15) is 66.8 Å².